The van der Waals surface area contributed by atoms with E-state index in [4.69, 9.17) is 0 Å². The van der Waals surface area contributed by atoms with E-state index in [1.54, 1.807) is 6.20 Å². The maximum Gasteiger partial charge on any atom is 0.255 e. The number of nitrogens with one attached hydrogen (secondary N) is 2. The Balaban J connectivity index is 1.99. The molecule has 1 aromatic carbocycles. The number of hydrogen-bond acceptors (Lipinski definition) is 3. The van der Waals surface area contributed by atoms with Crippen molar-refractivity contribution >= 4 is 5.91 Å². The molecule has 23 heavy (non-hydrogen) atoms. The smallest absolute Gasteiger partial charge is 0.255 e. The van der Waals surface area contributed by atoms with E-state index in [2.05, 4.69) is 48.1 Å². The number of hydrogen-bond donors (Lipinski definition) is 2. The van der Waals surface area contributed by atoms with Gasteiger partial charge in [-0.25, -0.2) is 0 Å². The number of amides is 1. The molecule has 0 unspecified atom stereocenters. The second kappa shape index (κ2) is 7.92. The molecule has 1 amide bonds. The lowest BCUT2D eigenvalue weighted by Crippen LogP contribution is -2.42. The van der Waals surface area contributed by atoms with E-state index in [1.807, 2.05) is 30.3 Å². The van der Waals surface area contributed by atoms with Crippen LogP contribution in [0.1, 0.15) is 38.1 Å². The van der Waals surface area contributed by atoms with Crippen molar-refractivity contribution in [3.8, 4) is 11.3 Å². The van der Waals surface area contributed by atoms with Gasteiger partial charge in [0, 0.05) is 30.7 Å². The van der Waals surface area contributed by atoms with Crippen LogP contribution < -0.4 is 5.32 Å². The topological polar surface area (TPSA) is 61.0 Å². The summed E-state index contributed by atoms with van der Waals surface area (Å²) < 4.78 is 0. The summed E-state index contributed by atoms with van der Waals surface area (Å²) in [6.07, 6.45) is 1.58. The van der Waals surface area contributed by atoms with Crippen LogP contribution in [-0.2, 0) is 0 Å². The molecule has 0 aliphatic carbocycles. The number of aromatic nitrogens is 2. The van der Waals surface area contributed by atoms with E-state index in [0.29, 0.717) is 24.2 Å². The molecular formula is C18H26N4O. The van der Waals surface area contributed by atoms with Crippen molar-refractivity contribution in [2.24, 2.45) is 0 Å². The standard InChI is InChI=1S/C18H26N4O/c1-13(2)22(14(3)4)11-10-19-18(23)16-12-20-21-17(16)15-8-6-5-7-9-15/h5-9,12-14H,10-11H2,1-4H3,(H,19,23)(H,20,21). The van der Waals surface area contributed by atoms with Gasteiger partial charge in [0.15, 0.2) is 0 Å². The minimum atomic E-state index is -0.0925. The Morgan fingerprint density at radius 2 is 1.83 bits per heavy atom. The molecule has 0 atom stereocenters. The number of H-pyrrole nitrogens is 1. The van der Waals surface area contributed by atoms with E-state index >= 15 is 0 Å². The van der Waals surface area contributed by atoms with Gasteiger partial charge >= 0.3 is 0 Å². The predicted molar refractivity (Wildman–Crippen MR) is 93.3 cm³/mol. The van der Waals surface area contributed by atoms with E-state index in [1.165, 1.54) is 0 Å². The molecule has 0 saturated carbocycles. The zero-order valence-corrected chi connectivity index (χ0v) is 14.3. The highest BCUT2D eigenvalue weighted by atomic mass is 16.1. The summed E-state index contributed by atoms with van der Waals surface area (Å²) in [5, 5.41) is 9.94. The van der Waals surface area contributed by atoms with Crippen LogP contribution in [0.5, 0.6) is 0 Å². The van der Waals surface area contributed by atoms with E-state index in [-0.39, 0.29) is 5.91 Å². The van der Waals surface area contributed by atoms with E-state index < -0.39 is 0 Å². The number of carbonyl (C=O) groups is 1. The molecule has 2 aromatic rings. The van der Waals surface area contributed by atoms with Crippen molar-refractivity contribution in [2.45, 2.75) is 39.8 Å². The minimum Gasteiger partial charge on any atom is -0.351 e. The summed E-state index contributed by atoms with van der Waals surface area (Å²) in [4.78, 5) is 14.8. The van der Waals surface area contributed by atoms with Crippen LogP contribution in [-0.4, -0.2) is 46.2 Å². The summed E-state index contributed by atoms with van der Waals surface area (Å²) in [6, 6.07) is 10.7. The molecule has 0 fully saturated rings. The van der Waals surface area contributed by atoms with Gasteiger partial charge < -0.3 is 5.32 Å². The van der Waals surface area contributed by atoms with Crippen molar-refractivity contribution < 1.29 is 4.79 Å². The largest absolute Gasteiger partial charge is 0.351 e. The number of carbonyl (C=O) groups excluding carboxylic acids is 1. The Kier molecular flexibility index (Phi) is 5.93. The van der Waals surface area contributed by atoms with Crippen LogP contribution in [0.2, 0.25) is 0 Å². The molecule has 2 N–H and O–H groups in total. The molecule has 0 aliphatic heterocycles. The molecule has 0 radical (unpaired) electrons. The lowest BCUT2D eigenvalue weighted by atomic mass is 10.1. The van der Waals surface area contributed by atoms with Crippen LogP contribution in [0, 0.1) is 0 Å². The van der Waals surface area contributed by atoms with Crippen molar-refractivity contribution in [1.82, 2.24) is 20.4 Å². The Bertz CT molecular complexity index is 611. The zero-order chi connectivity index (χ0) is 16.8. The third-order valence-corrected chi connectivity index (χ3v) is 3.93. The zero-order valence-electron chi connectivity index (χ0n) is 14.3. The molecule has 0 saturated heterocycles. The molecule has 0 aliphatic rings. The Morgan fingerprint density at radius 1 is 1.17 bits per heavy atom. The van der Waals surface area contributed by atoms with Crippen LogP contribution in [0.15, 0.2) is 36.5 Å². The van der Waals surface area contributed by atoms with Crippen molar-refractivity contribution in [3.05, 3.63) is 42.1 Å². The van der Waals surface area contributed by atoms with E-state index in [0.717, 1.165) is 17.8 Å². The maximum atomic E-state index is 12.4. The third-order valence-electron chi connectivity index (χ3n) is 3.93. The maximum absolute atomic E-state index is 12.4. The molecule has 124 valence electrons. The lowest BCUT2D eigenvalue weighted by Gasteiger charge is -2.30. The SMILES string of the molecule is CC(C)N(CCNC(=O)c1cn[nH]c1-c1ccccc1)C(C)C. The summed E-state index contributed by atoms with van der Waals surface area (Å²) in [7, 11) is 0. The molecule has 2 rings (SSSR count). The van der Waals surface area contributed by atoms with Gasteiger partial charge in [-0.15, -0.1) is 0 Å². The van der Waals surface area contributed by atoms with Crippen molar-refractivity contribution in [2.75, 3.05) is 13.1 Å². The summed E-state index contributed by atoms with van der Waals surface area (Å²) >= 11 is 0. The van der Waals surface area contributed by atoms with Crippen LogP contribution in [0.3, 0.4) is 0 Å². The first kappa shape index (κ1) is 17.2. The first-order valence-corrected chi connectivity index (χ1v) is 8.13. The number of benzene rings is 1. The van der Waals surface area contributed by atoms with Gasteiger partial charge in [0.2, 0.25) is 0 Å². The highest BCUT2D eigenvalue weighted by Crippen LogP contribution is 2.20. The molecule has 5 nitrogen and oxygen atoms in total. The first-order valence-electron chi connectivity index (χ1n) is 8.13. The quantitative estimate of drug-likeness (QED) is 0.826. The average Bonchev–Trinajstić information content (AvgIpc) is 3.01. The molecule has 0 spiro atoms. The van der Waals surface area contributed by atoms with Gasteiger partial charge in [-0.05, 0) is 27.7 Å². The average molecular weight is 314 g/mol. The molecular weight excluding hydrogens is 288 g/mol. The number of aromatic amines is 1. The lowest BCUT2D eigenvalue weighted by molar-refractivity contribution is 0.0940. The highest BCUT2D eigenvalue weighted by Gasteiger charge is 2.16. The fourth-order valence-corrected chi connectivity index (χ4v) is 2.79. The van der Waals surface area contributed by atoms with Gasteiger partial charge in [0.05, 0.1) is 17.5 Å². The third kappa shape index (κ3) is 4.42. The van der Waals surface area contributed by atoms with Gasteiger partial charge in [-0.3, -0.25) is 14.8 Å². The summed E-state index contributed by atoms with van der Waals surface area (Å²) in [5.74, 6) is -0.0925. The van der Waals surface area contributed by atoms with E-state index in [9.17, 15) is 4.79 Å². The Morgan fingerprint density at radius 3 is 2.43 bits per heavy atom. The van der Waals surface area contributed by atoms with Gasteiger partial charge in [-0.2, -0.15) is 5.10 Å². The van der Waals surface area contributed by atoms with Crippen LogP contribution >= 0.6 is 0 Å². The van der Waals surface area contributed by atoms with Gasteiger partial charge in [-0.1, -0.05) is 30.3 Å². The van der Waals surface area contributed by atoms with Gasteiger partial charge in [0.1, 0.15) is 0 Å². The summed E-state index contributed by atoms with van der Waals surface area (Å²) in [6.45, 7) is 10.1. The molecule has 0 bridgehead atoms. The monoisotopic (exact) mass is 314 g/mol. The summed E-state index contributed by atoms with van der Waals surface area (Å²) in [5.41, 5.74) is 2.30. The normalized spacial score (nSPS) is 11.4. The number of rotatable bonds is 7. The molecule has 1 aromatic heterocycles. The second-order valence-corrected chi connectivity index (χ2v) is 6.21. The van der Waals surface area contributed by atoms with Crippen molar-refractivity contribution in [1.29, 1.82) is 0 Å². The fourth-order valence-electron chi connectivity index (χ4n) is 2.79. The Hall–Kier alpha value is -2.14. The first-order chi connectivity index (χ1) is 11.0. The van der Waals surface area contributed by atoms with Crippen molar-refractivity contribution in [3.63, 3.8) is 0 Å². The molecule has 5 heteroatoms. The van der Waals surface area contributed by atoms with Crippen LogP contribution in [0.4, 0.5) is 0 Å². The molecule has 1 heterocycles. The number of nitrogens with zero attached hydrogens (tertiary/aromatic N) is 2. The second-order valence-electron chi connectivity index (χ2n) is 6.21. The van der Waals surface area contributed by atoms with Crippen LogP contribution in [0.25, 0.3) is 11.3 Å². The fraction of sp³-hybridized carbons (Fsp3) is 0.444. The Labute approximate surface area is 138 Å². The minimum absolute atomic E-state index is 0.0925. The predicted octanol–water partition coefficient (Wildman–Crippen LogP) is 2.93. The highest BCUT2D eigenvalue weighted by molar-refractivity contribution is 5.99. The van der Waals surface area contributed by atoms with Gasteiger partial charge in [0.25, 0.3) is 5.91 Å².